The monoisotopic (exact) mass is 168 g/mol. The highest BCUT2D eigenvalue weighted by molar-refractivity contribution is 4.84. The molecule has 0 N–H and O–H groups in total. The van der Waals surface area contributed by atoms with E-state index < -0.39 is 0 Å². The highest BCUT2D eigenvalue weighted by atomic mass is 16.5. The Balaban J connectivity index is 2.04. The molecule has 1 heteroatoms. The van der Waals surface area contributed by atoms with E-state index in [2.05, 4.69) is 12.2 Å². The lowest BCUT2D eigenvalue weighted by Gasteiger charge is -2.19. The Morgan fingerprint density at radius 1 is 1.17 bits per heavy atom. The standard InChI is InChI=1S/C11H20O/c1-12-10-6-5-9-11-7-3-2-4-8-11/h5-6,11H,2-4,7-10H2,1H3. The molecular formula is C11H20O. The van der Waals surface area contributed by atoms with Gasteiger partial charge in [0.2, 0.25) is 0 Å². The van der Waals surface area contributed by atoms with Gasteiger partial charge in [-0.1, -0.05) is 44.3 Å². The summed E-state index contributed by atoms with van der Waals surface area (Å²) in [6.07, 6.45) is 12.9. The molecule has 12 heavy (non-hydrogen) atoms. The molecule has 1 aliphatic carbocycles. The van der Waals surface area contributed by atoms with Crippen LogP contribution in [0.25, 0.3) is 0 Å². The Morgan fingerprint density at radius 3 is 2.58 bits per heavy atom. The van der Waals surface area contributed by atoms with Gasteiger partial charge in [-0.2, -0.15) is 0 Å². The normalized spacial score (nSPS) is 20.4. The number of hydrogen-bond acceptors (Lipinski definition) is 1. The largest absolute Gasteiger partial charge is 0.381 e. The molecule has 1 aliphatic rings. The Kier molecular flexibility index (Phi) is 5.09. The predicted molar refractivity (Wildman–Crippen MR) is 52.2 cm³/mol. The van der Waals surface area contributed by atoms with Crippen molar-refractivity contribution in [2.24, 2.45) is 5.92 Å². The van der Waals surface area contributed by atoms with Crippen LogP contribution in [-0.4, -0.2) is 13.7 Å². The molecule has 0 unspecified atom stereocenters. The van der Waals surface area contributed by atoms with Gasteiger partial charge in [0.05, 0.1) is 6.61 Å². The van der Waals surface area contributed by atoms with E-state index in [1.54, 1.807) is 7.11 Å². The lowest BCUT2D eigenvalue weighted by Crippen LogP contribution is -2.04. The highest BCUT2D eigenvalue weighted by Gasteiger charge is 2.10. The van der Waals surface area contributed by atoms with Gasteiger partial charge in [0.1, 0.15) is 0 Å². The van der Waals surface area contributed by atoms with Gasteiger partial charge in [0, 0.05) is 7.11 Å². The molecule has 0 radical (unpaired) electrons. The van der Waals surface area contributed by atoms with Crippen LogP contribution in [0.4, 0.5) is 0 Å². The van der Waals surface area contributed by atoms with Crippen molar-refractivity contribution >= 4 is 0 Å². The molecule has 70 valence electrons. The molecule has 0 saturated heterocycles. The van der Waals surface area contributed by atoms with Crippen LogP contribution in [0, 0.1) is 5.92 Å². The summed E-state index contributed by atoms with van der Waals surface area (Å²) < 4.78 is 4.94. The van der Waals surface area contributed by atoms with Crippen molar-refractivity contribution < 1.29 is 4.74 Å². The highest BCUT2D eigenvalue weighted by Crippen LogP contribution is 2.26. The minimum Gasteiger partial charge on any atom is -0.381 e. The molecule has 1 nitrogen and oxygen atoms in total. The summed E-state index contributed by atoms with van der Waals surface area (Å²) in [6.45, 7) is 0.771. The van der Waals surface area contributed by atoms with Gasteiger partial charge in [0.15, 0.2) is 0 Å². The fourth-order valence-corrected chi connectivity index (χ4v) is 1.88. The third-order valence-electron chi connectivity index (χ3n) is 2.62. The van der Waals surface area contributed by atoms with E-state index >= 15 is 0 Å². The van der Waals surface area contributed by atoms with Crippen molar-refractivity contribution in [2.75, 3.05) is 13.7 Å². The lowest BCUT2D eigenvalue weighted by atomic mass is 9.87. The van der Waals surface area contributed by atoms with Crippen LogP contribution in [0.15, 0.2) is 12.2 Å². The predicted octanol–water partition coefficient (Wildman–Crippen LogP) is 3.16. The van der Waals surface area contributed by atoms with Crippen LogP contribution < -0.4 is 0 Å². The third-order valence-corrected chi connectivity index (χ3v) is 2.62. The first-order chi connectivity index (χ1) is 5.93. The van der Waals surface area contributed by atoms with Crippen LogP contribution in [0.2, 0.25) is 0 Å². The van der Waals surface area contributed by atoms with Crippen LogP contribution >= 0.6 is 0 Å². The van der Waals surface area contributed by atoms with E-state index in [4.69, 9.17) is 4.74 Å². The topological polar surface area (TPSA) is 9.23 Å². The molecule has 0 atom stereocenters. The van der Waals surface area contributed by atoms with Gasteiger partial charge in [-0.05, 0) is 12.3 Å². The summed E-state index contributed by atoms with van der Waals surface area (Å²) in [6, 6.07) is 0. The molecule has 0 aromatic carbocycles. The number of methoxy groups -OCH3 is 1. The van der Waals surface area contributed by atoms with Crippen molar-refractivity contribution in [2.45, 2.75) is 38.5 Å². The van der Waals surface area contributed by atoms with Gasteiger partial charge in [-0.3, -0.25) is 0 Å². The average molecular weight is 168 g/mol. The van der Waals surface area contributed by atoms with E-state index in [-0.39, 0.29) is 0 Å². The molecular weight excluding hydrogens is 148 g/mol. The van der Waals surface area contributed by atoms with Crippen LogP contribution in [0.1, 0.15) is 38.5 Å². The zero-order valence-electron chi connectivity index (χ0n) is 8.09. The van der Waals surface area contributed by atoms with Crippen molar-refractivity contribution in [3.05, 3.63) is 12.2 Å². The van der Waals surface area contributed by atoms with Crippen LogP contribution in [0.5, 0.6) is 0 Å². The molecule has 1 saturated carbocycles. The summed E-state index contributed by atoms with van der Waals surface area (Å²) in [4.78, 5) is 0. The van der Waals surface area contributed by atoms with Gasteiger partial charge < -0.3 is 4.74 Å². The summed E-state index contributed by atoms with van der Waals surface area (Å²) in [5.74, 6) is 0.965. The Labute approximate surface area is 75.8 Å². The van der Waals surface area contributed by atoms with Crippen LogP contribution in [-0.2, 0) is 4.74 Å². The van der Waals surface area contributed by atoms with E-state index in [0.717, 1.165) is 12.5 Å². The average Bonchev–Trinajstić information content (AvgIpc) is 2.14. The molecule has 0 aromatic rings. The molecule has 0 spiro atoms. The van der Waals surface area contributed by atoms with Gasteiger partial charge in [-0.25, -0.2) is 0 Å². The fourth-order valence-electron chi connectivity index (χ4n) is 1.88. The Morgan fingerprint density at radius 2 is 1.92 bits per heavy atom. The van der Waals surface area contributed by atoms with Crippen LogP contribution in [0.3, 0.4) is 0 Å². The summed E-state index contributed by atoms with van der Waals surface area (Å²) in [5, 5.41) is 0. The molecule has 0 bridgehead atoms. The van der Waals surface area contributed by atoms with Gasteiger partial charge in [0.25, 0.3) is 0 Å². The molecule has 0 amide bonds. The smallest absolute Gasteiger partial charge is 0.0643 e. The second kappa shape index (κ2) is 6.24. The maximum Gasteiger partial charge on any atom is 0.0643 e. The quantitative estimate of drug-likeness (QED) is 0.586. The first-order valence-electron chi connectivity index (χ1n) is 5.07. The number of ether oxygens (including phenoxy) is 1. The van der Waals surface area contributed by atoms with E-state index in [9.17, 15) is 0 Å². The first-order valence-corrected chi connectivity index (χ1v) is 5.07. The van der Waals surface area contributed by atoms with Crippen molar-refractivity contribution in [1.82, 2.24) is 0 Å². The van der Waals surface area contributed by atoms with E-state index in [0.29, 0.717) is 0 Å². The summed E-state index contributed by atoms with van der Waals surface area (Å²) >= 11 is 0. The Bertz CT molecular complexity index is 123. The maximum atomic E-state index is 4.94. The number of rotatable bonds is 4. The molecule has 0 aromatic heterocycles. The van der Waals surface area contributed by atoms with Crippen molar-refractivity contribution in [3.63, 3.8) is 0 Å². The minimum atomic E-state index is 0.771. The first kappa shape index (κ1) is 9.79. The number of allylic oxidation sites excluding steroid dienone is 1. The van der Waals surface area contributed by atoms with Crippen molar-refractivity contribution in [3.8, 4) is 0 Å². The summed E-state index contributed by atoms with van der Waals surface area (Å²) in [5.41, 5.74) is 0. The maximum absolute atomic E-state index is 4.94. The Hall–Kier alpha value is -0.300. The number of hydrogen-bond donors (Lipinski definition) is 0. The van der Waals surface area contributed by atoms with E-state index in [1.165, 1.54) is 38.5 Å². The molecule has 1 rings (SSSR count). The zero-order chi connectivity index (χ0) is 8.65. The van der Waals surface area contributed by atoms with Gasteiger partial charge >= 0.3 is 0 Å². The fraction of sp³-hybridized carbons (Fsp3) is 0.818. The van der Waals surface area contributed by atoms with Gasteiger partial charge in [-0.15, -0.1) is 0 Å². The molecule has 0 aliphatic heterocycles. The second-order valence-electron chi connectivity index (χ2n) is 3.67. The molecule has 0 heterocycles. The summed E-state index contributed by atoms with van der Waals surface area (Å²) in [7, 11) is 1.74. The van der Waals surface area contributed by atoms with E-state index in [1.807, 2.05) is 0 Å². The SMILES string of the molecule is COCC=CCC1CCCCC1. The van der Waals surface area contributed by atoms with Crippen molar-refractivity contribution in [1.29, 1.82) is 0 Å². The minimum absolute atomic E-state index is 0.771. The molecule has 1 fully saturated rings. The zero-order valence-corrected chi connectivity index (χ0v) is 8.09. The lowest BCUT2D eigenvalue weighted by molar-refractivity contribution is 0.233. The third kappa shape index (κ3) is 3.91. The second-order valence-corrected chi connectivity index (χ2v) is 3.67.